The molecule has 1 radical (unpaired) electrons. The molecule has 0 amide bonds. The first-order chi connectivity index (χ1) is 5.89. The van der Waals surface area contributed by atoms with Crippen LogP contribution in [-0.2, 0) is 31.5 Å². The molecule has 0 aromatic carbocycles. The van der Waals surface area contributed by atoms with Crippen molar-refractivity contribution in [3.8, 4) is 0 Å². The summed E-state index contributed by atoms with van der Waals surface area (Å²) in [5.74, 6) is 0. The first kappa shape index (κ1) is 22.6. The molecule has 4 heteroatoms. The van der Waals surface area contributed by atoms with Crippen LogP contribution in [0.2, 0.25) is 0 Å². The van der Waals surface area contributed by atoms with Gasteiger partial charge in [0, 0.05) is 17.1 Å². The van der Waals surface area contributed by atoms with E-state index in [2.05, 4.69) is 23.3 Å². The van der Waals surface area contributed by atoms with E-state index in [1.807, 2.05) is 27.3 Å². The van der Waals surface area contributed by atoms with Crippen LogP contribution in [0.25, 0.3) is 0 Å². The van der Waals surface area contributed by atoms with Crippen molar-refractivity contribution >= 4 is 20.4 Å². The molecular weight excluding hydrogens is 211 g/mol. The first-order valence-corrected chi connectivity index (χ1v) is 2.62. The van der Waals surface area contributed by atoms with Crippen LogP contribution in [0.5, 0.6) is 0 Å². The van der Waals surface area contributed by atoms with E-state index in [4.69, 9.17) is 14.4 Å². The Kier molecular flexibility index (Phi) is 54.1. The number of hydrogen-bond donors (Lipinski definition) is 0. The van der Waals surface area contributed by atoms with Crippen molar-refractivity contribution in [3.05, 3.63) is 28.8 Å². The van der Waals surface area contributed by atoms with Gasteiger partial charge in [-0.05, 0) is 0 Å². The largest absolute Gasteiger partial charge is 0.307 e. The maximum absolute atomic E-state index is 8.00. The molecule has 0 fully saturated rings. The van der Waals surface area contributed by atoms with E-state index >= 15 is 0 Å². The van der Waals surface area contributed by atoms with Crippen LogP contribution in [0.4, 0.5) is 0 Å². The van der Waals surface area contributed by atoms with Gasteiger partial charge < -0.3 is 14.4 Å². The number of carbonyl (C=O) groups excluding carboxylic acids is 3. The third kappa shape index (κ3) is 25.0. The zero-order valence-corrected chi connectivity index (χ0v) is 8.40. The van der Waals surface area contributed by atoms with Crippen molar-refractivity contribution < 1.29 is 31.5 Å². The Balaban J connectivity index is -0.0000000508. The third-order valence-electron chi connectivity index (χ3n) is 0.562. The predicted molar refractivity (Wildman–Crippen MR) is 44.3 cm³/mol. The molecule has 0 saturated heterocycles. The quantitative estimate of drug-likeness (QED) is 0.342. The van der Waals surface area contributed by atoms with Gasteiger partial charge in [-0.25, -0.2) is 5.73 Å². The maximum atomic E-state index is 8.00. The molecule has 13 heavy (non-hydrogen) atoms. The van der Waals surface area contributed by atoms with Crippen molar-refractivity contribution in [2.24, 2.45) is 0 Å². The molecule has 0 spiro atoms. The molecule has 0 saturated carbocycles. The Morgan fingerprint density at radius 2 is 1.46 bits per heavy atom. The van der Waals surface area contributed by atoms with Gasteiger partial charge >= 0.3 is 0 Å². The summed E-state index contributed by atoms with van der Waals surface area (Å²) in [5.41, 5.74) is 8.99. The van der Waals surface area contributed by atoms with Gasteiger partial charge in [0.1, 0.15) is 20.4 Å². The zero-order chi connectivity index (χ0) is 10.4. The molecular formula is C9H9MnO3-. The van der Waals surface area contributed by atoms with Crippen molar-refractivity contribution in [1.82, 2.24) is 0 Å². The molecule has 0 bridgehead atoms. The molecule has 71 valence electrons. The molecule has 0 aromatic rings. The third-order valence-corrected chi connectivity index (χ3v) is 0.562. The molecule has 0 aliphatic heterocycles. The minimum atomic E-state index is 0. The first-order valence-electron chi connectivity index (χ1n) is 2.62. The molecule has 1 aliphatic carbocycles. The summed E-state index contributed by atoms with van der Waals surface area (Å²) in [6, 6.07) is 0. The summed E-state index contributed by atoms with van der Waals surface area (Å²) < 4.78 is 0. The molecule has 0 heterocycles. The fourth-order valence-corrected chi connectivity index (χ4v) is 0.281. The van der Waals surface area contributed by atoms with Crippen molar-refractivity contribution in [2.45, 2.75) is 6.92 Å². The number of rotatable bonds is 0. The summed E-state index contributed by atoms with van der Waals surface area (Å²) in [7, 11) is 0. The van der Waals surface area contributed by atoms with E-state index < -0.39 is 0 Å². The Morgan fingerprint density at radius 1 is 1.08 bits per heavy atom. The van der Waals surface area contributed by atoms with E-state index in [-0.39, 0.29) is 17.1 Å². The van der Waals surface area contributed by atoms with Crippen LogP contribution in [0, 0.1) is 6.08 Å². The van der Waals surface area contributed by atoms with E-state index in [0.717, 1.165) is 5.57 Å². The van der Waals surface area contributed by atoms with Crippen LogP contribution >= 0.6 is 0 Å². The fraction of sp³-hybridized carbons (Fsp3) is 0.111. The van der Waals surface area contributed by atoms with Gasteiger partial charge in [-0.15, -0.1) is 11.6 Å². The molecule has 0 unspecified atom stereocenters. The molecule has 3 nitrogen and oxygen atoms in total. The van der Waals surface area contributed by atoms with E-state index in [9.17, 15) is 0 Å². The summed E-state index contributed by atoms with van der Waals surface area (Å²) in [5, 5.41) is 0. The van der Waals surface area contributed by atoms with E-state index in [1.54, 1.807) is 0 Å². The molecule has 1 aliphatic rings. The summed E-state index contributed by atoms with van der Waals surface area (Å²) in [4.78, 5) is 24.0. The number of hydrogen-bond acceptors (Lipinski definition) is 3. The standard InChI is InChI=1S/C6H3.3CH2O.Mn/c1-6-4-2-3-5-6;3*1-2;/h1H3;3*1H2;/q-1;;;;. The Hall–Kier alpha value is -1.39. The fourth-order valence-electron chi connectivity index (χ4n) is 0.281. The van der Waals surface area contributed by atoms with Gasteiger partial charge in [-0.1, -0.05) is 6.92 Å². The second-order valence-corrected chi connectivity index (χ2v) is 1.12. The second kappa shape index (κ2) is 31.1. The SMILES string of the molecule is C=O.C=O.C=O.CC1=C=C=C=[C-]1.[Mn]. The van der Waals surface area contributed by atoms with Crippen molar-refractivity contribution in [2.75, 3.05) is 0 Å². The Bertz CT molecular complexity index is 224. The second-order valence-electron chi connectivity index (χ2n) is 1.12. The van der Waals surface area contributed by atoms with Crippen LogP contribution in [0.15, 0.2) is 22.8 Å². The van der Waals surface area contributed by atoms with Gasteiger partial charge in [0.25, 0.3) is 0 Å². The predicted octanol–water partition coefficient (Wildman–Crippen LogP) is 0.658. The number of allylic oxidation sites excluding steroid dienone is 2. The van der Waals surface area contributed by atoms with Crippen LogP contribution in [0.1, 0.15) is 6.92 Å². The van der Waals surface area contributed by atoms with Gasteiger partial charge in [0.05, 0.1) is 0 Å². The van der Waals surface area contributed by atoms with Crippen LogP contribution in [-0.4, -0.2) is 20.4 Å². The van der Waals surface area contributed by atoms with Crippen molar-refractivity contribution in [3.63, 3.8) is 0 Å². The minimum absolute atomic E-state index is 0. The monoisotopic (exact) mass is 220 g/mol. The summed E-state index contributed by atoms with van der Waals surface area (Å²) >= 11 is 0. The van der Waals surface area contributed by atoms with Crippen LogP contribution < -0.4 is 0 Å². The summed E-state index contributed by atoms with van der Waals surface area (Å²) in [6.45, 7) is 7.91. The normalized spacial score (nSPS) is 7.00. The van der Waals surface area contributed by atoms with Crippen molar-refractivity contribution in [1.29, 1.82) is 0 Å². The smallest absolute Gasteiger partial charge is 0.106 e. The van der Waals surface area contributed by atoms with Gasteiger partial charge in [0.15, 0.2) is 0 Å². The molecule has 1 rings (SSSR count). The summed E-state index contributed by atoms with van der Waals surface area (Å²) in [6.07, 6.45) is 2.76. The maximum Gasteiger partial charge on any atom is 0.106 e. The van der Waals surface area contributed by atoms with Gasteiger partial charge in [0.2, 0.25) is 0 Å². The van der Waals surface area contributed by atoms with Gasteiger partial charge in [-0.3, -0.25) is 11.5 Å². The Labute approximate surface area is 88.0 Å². The molecule has 0 N–H and O–H groups in total. The molecule has 0 aromatic heterocycles. The minimum Gasteiger partial charge on any atom is -0.307 e. The van der Waals surface area contributed by atoms with E-state index in [0.29, 0.717) is 0 Å². The van der Waals surface area contributed by atoms with E-state index in [1.165, 1.54) is 0 Å². The zero-order valence-electron chi connectivity index (χ0n) is 7.22. The van der Waals surface area contributed by atoms with Crippen LogP contribution in [0.3, 0.4) is 0 Å². The Morgan fingerprint density at radius 3 is 1.54 bits per heavy atom. The average Bonchev–Trinajstić information content (AvgIpc) is 2.66. The molecule has 0 atom stereocenters. The number of carbonyl (C=O) groups is 3. The average molecular weight is 220 g/mol. The van der Waals surface area contributed by atoms with Gasteiger partial charge in [-0.2, -0.15) is 0 Å². The topological polar surface area (TPSA) is 51.2 Å².